The van der Waals surface area contributed by atoms with Gasteiger partial charge in [0.2, 0.25) is 0 Å². The molecule has 0 aliphatic carbocycles. The molecule has 5 nitrogen and oxygen atoms in total. The Labute approximate surface area is 124 Å². The number of nitrogens with one attached hydrogen (secondary N) is 3. The van der Waals surface area contributed by atoms with E-state index in [-0.39, 0.29) is 5.56 Å². The highest BCUT2D eigenvalue weighted by molar-refractivity contribution is 7.71. The molecule has 4 aromatic rings. The Morgan fingerprint density at radius 1 is 1.10 bits per heavy atom. The molecule has 104 valence electrons. The minimum absolute atomic E-state index is 0.184. The Bertz CT molecular complexity index is 1070. The smallest absolute Gasteiger partial charge is 0.276 e. The van der Waals surface area contributed by atoms with E-state index < -0.39 is 0 Å². The van der Waals surface area contributed by atoms with Gasteiger partial charge in [0.05, 0.1) is 12.1 Å². The monoisotopic (exact) mass is 296 g/mol. The predicted molar refractivity (Wildman–Crippen MR) is 85.1 cm³/mol. The van der Waals surface area contributed by atoms with E-state index in [0.29, 0.717) is 16.8 Å². The van der Waals surface area contributed by atoms with E-state index in [1.54, 1.807) is 6.20 Å². The van der Waals surface area contributed by atoms with Crippen LogP contribution >= 0.6 is 12.2 Å². The molecule has 3 aromatic heterocycles. The van der Waals surface area contributed by atoms with E-state index in [1.165, 1.54) is 5.39 Å². The van der Waals surface area contributed by atoms with Gasteiger partial charge < -0.3 is 14.5 Å². The lowest BCUT2D eigenvalue weighted by molar-refractivity contribution is 0.783. The van der Waals surface area contributed by atoms with Crippen molar-refractivity contribution < 1.29 is 0 Å². The number of nitrogens with zero attached hydrogens (tertiary/aromatic N) is 1. The van der Waals surface area contributed by atoms with Crippen LogP contribution in [0.4, 0.5) is 0 Å². The number of H-pyrrole nitrogens is 3. The van der Waals surface area contributed by atoms with E-state index in [0.717, 1.165) is 16.6 Å². The van der Waals surface area contributed by atoms with Crippen molar-refractivity contribution >= 4 is 34.2 Å². The second-order valence-electron chi connectivity index (χ2n) is 4.98. The van der Waals surface area contributed by atoms with E-state index in [2.05, 4.69) is 33.2 Å². The van der Waals surface area contributed by atoms with Gasteiger partial charge >= 0.3 is 0 Å². The lowest BCUT2D eigenvalue weighted by Crippen LogP contribution is -2.14. The summed E-state index contributed by atoms with van der Waals surface area (Å²) >= 11 is 5.30. The first-order valence-corrected chi connectivity index (χ1v) is 6.99. The van der Waals surface area contributed by atoms with Crippen LogP contribution in [0.15, 0.2) is 47.5 Å². The molecule has 3 N–H and O–H groups in total. The first-order valence-electron chi connectivity index (χ1n) is 6.58. The van der Waals surface area contributed by atoms with Crippen LogP contribution in [0.5, 0.6) is 0 Å². The number of aromatic amines is 3. The van der Waals surface area contributed by atoms with Crippen molar-refractivity contribution in [2.24, 2.45) is 0 Å². The highest BCUT2D eigenvalue weighted by Crippen LogP contribution is 2.17. The molecule has 0 saturated heterocycles. The molecule has 0 fully saturated rings. The number of benzene rings is 1. The molecule has 1 aromatic carbocycles. The van der Waals surface area contributed by atoms with Gasteiger partial charge in [-0.15, -0.1) is 0 Å². The van der Waals surface area contributed by atoms with E-state index in [1.807, 2.05) is 22.9 Å². The average Bonchev–Trinajstić information content (AvgIpc) is 3.11. The highest BCUT2D eigenvalue weighted by atomic mass is 32.1. The molecule has 0 atom stereocenters. The molecule has 0 aliphatic heterocycles. The quantitative estimate of drug-likeness (QED) is 0.498. The number of hydrogen-bond donors (Lipinski definition) is 3. The maximum atomic E-state index is 11.8. The summed E-state index contributed by atoms with van der Waals surface area (Å²) in [5.74, 6) is 0. The van der Waals surface area contributed by atoms with Crippen LogP contribution in [0.25, 0.3) is 21.9 Å². The molecular formula is C15H12N4OS. The highest BCUT2D eigenvalue weighted by Gasteiger charge is 2.07. The van der Waals surface area contributed by atoms with Gasteiger partial charge in [0, 0.05) is 17.9 Å². The number of fused-ring (bicyclic) bond motifs is 2. The summed E-state index contributed by atoms with van der Waals surface area (Å²) in [6.07, 6.45) is 3.67. The molecule has 0 unspecified atom stereocenters. The van der Waals surface area contributed by atoms with Gasteiger partial charge in [0.15, 0.2) is 4.77 Å². The Hall–Kier alpha value is -2.60. The molecular weight excluding hydrogens is 284 g/mol. The third-order valence-electron chi connectivity index (χ3n) is 3.67. The average molecular weight is 296 g/mol. The lowest BCUT2D eigenvalue weighted by Gasteiger charge is -2.09. The summed E-state index contributed by atoms with van der Waals surface area (Å²) in [5, 5.41) is 1.18. The summed E-state index contributed by atoms with van der Waals surface area (Å²) in [6, 6.07) is 10.1. The lowest BCUT2D eigenvalue weighted by atomic mass is 10.1. The predicted octanol–water partition coefficient (Wildman–Crippen LogP) is 2.92. The van der Waals surface area contributed by atoms with Crippen molar-refractivity contribution in [3.63, 3.8) is 0 Å². The van der Waals surface area contributed by atoms with E-state index in [4.69, 9.17) is 12.2 Å². The van der Waals surface area contributed by atoms with Crippen LogP contribution < -0.4 is 5.56 Å². The van der Waals surface area contributed by atoms with Crippen LogP contribution in [0.1, 0.15) is 5.56 Å². The molecule has 6 heteroatoms. The first-order chi connectivity index (χ1) is 10.2. The van der Waals surface area contributed by atoms with E-state index >= 15 is 0 Å². The summed E-state index contributed by atoms with van der Waals surface area (Å²) in [4.78, 5) is 20.7. The standard InChI is InChI=1S/C15H12N4OS/c20-14-13-12(4-6-17-13)19(15(21)18-14)8-9-1-2-10-3-5-16-11(10)7-9/h1-7,16-17H,8H2,(H,18,20,21). The van der Waals surface area contributed by atoms with Crippen molar-refractivity contribution in [2.45, 2.75) is 6.54 Å². The Kier molecular flexibility index (Phi) is 2.58. The zero-order chi connectivity index (χ0) is 14.4. The zero-order valence-electron chi connectivity index (χ0n) is 11.0. The zero-order valence-corrected chi connectivity index (χ0v) is 11.8. The van der Waals surface area contributed by atoms with Crippen molar-refractivity contribution in [3.05, 3.63) is 63.4 Å². The molecule has 0 amide bonds. The largest absolute Gasteiger partial charge is 0.361 e. The molecule has 0 saturated carbocycles. The normalized spacial score (nSPS) is 11.4. The third kappa shape index (κ3) is 1.92. The fourth-order valence-electron chi connectivity index (χ4n) is 2.64. The SMILES string of the molecule is O=c1[nH]c(=S)n(Cc2ccc3cc[nH]c3c2)c2cc[nH]c12. The Balaban J connectivity index is 1.88. The minimum atomic E-state index is -0.184. The summed E-state index contributed by atoms with van der Waals surface area (Å²) < 4.78 is 2.35. The van der Waals surface area contributed by atoms with Gasteiger partial charge in [-0.25, -0.2) is 0 Å². The van der Waals surface area contributed by atoms with Crippen molar-refractivity contribution in [1.29, 1.82) is 0 Å². The molecule has 0 spiro atoms. The van der Waals surface area contributed by atoms with Crippen LogP contribution in [-0.2, 0) is 6.54 Å². The Morgan fingerprint density at radius 3 is 2.86 bits per heavy atom. The maximum absolute atomic E-state index is 11.8. The third-order valence-corrected chi connectivity index (χ3v) is 3.99. The fourth-order valence-corrected chi connectivity index (χ4v) is 2.89. The summed E-state index contributed by atoms with van der Waals surface area (Å²) in [7, 11) is 0. The second kappa shape index (κ2) is 4.46. The number of aromatic nitrogens is 4. The molecule has 3 heterocycles. The number of rotatable bonds is 2. The summed E-state index contributed by atoms with van der Waals surface area (Å²) in [6.45, 7) is 0.610. The van der Waals surface area contributed by atoms with Crippen LogP contribution in [-0.4, -0.2) is 19.5 Å². The van der Waals surface area contributed by atoms with Gasteiger partial charge in [0.1, 0.15) is 5.52 Å². The second-order valence-corrected chi connectivity index (χ2v) is 5.37. The summed E-state index contributed by atoms with van der Waals surface area (Å²) in [5.41, 5.74) is 3.39. The Morgan fingerprint density at radius 2 is 1.95 bits per heavy atom. The van der Waals surface area contributed by atoms with Crippen molar-refractivity contribution in [2.75, 3.05) is 0 Å². The van der Waals surface area contributed by atoms with Crippen LogP contribution in [0.3, 0.4) is 0 Å². The van der Waals surface area contributed by atoms with Gasteiger partial charge in [-0.05, 0) is 41.4 Å². The van der Waals surface area contributed by atoms with Gasteiger partial charge in [0.25, 0.3) is 5.56 Å². The van der Waals surface area contributed by atoms with Gasteiger partial charge in [-0.3, -0.25) is 9.78 Å². The van der Waals surface area contributed by atoms with Crippen molar-refractivity contribution in [3.8, 4) is 0 Å². The van der Waals surface area contributed by atoms with Gasteiger partial charge in [-0.2, -0.15) is 0 Å². The van der Waals surface area contributed by atoms with E-state index in [9.17, 15) is 4.79 Å². The van der Waals surface area contributed by atoms with Crippen LogP contribution in [0.2, 0.25) is 0 Å². The first kappa shape index (κ1) is 12.2. The van der Waals surface area contributed by atoms with Crippen LogP contribution in [0, 0.1) is 4.77 Å². The minimum Gasteiger partial charge on any atom is -0.361 e. The molecule has 4 rings (SSSR count). The molecule has 0 bridgehead atoms. The maximum Gasteiger partial charge on any atom is 0.276 e. The van der Waals surface area contributed by atoms with Gasteiger partial charge in [-0.1, -0.05) is 12.1 Å². The fraction of sp³-hybridized carbons (Fsp3) is 0.0667. The molecule has 0 radical (unpaired) electrons. The molecule has 21 heavy (non-hydrogen) atoms. The van der Waals surface area contributed by atoms with Crippen molar-refractivity contribution in [1.82, 2.24) is 19.5 Å². The number of hydrogen-bond acceptors (Lipinski definition) is 2. The topological polar surface area (TPSA) is 69.4 Å². The molecule has 0 aliphatic rings.